The number of hydrogen-bond acceptors (Lipinski definition) is 7. The lowest BCUT2D eigenvalue weighted by atomic mass is 10.1. The van der Waals surface area contributed by atoms with Gasteiger partial charge >= 0.3 is 0 Å². The van der Waals surface area contributed by atoms with Crippen molar-refractivity contribution in [3.05, 3.63) is 59.3 Å². The molecule has 1 saturated heterocycles. The summed E-state index contributed by atoms with van der Waals surface area (Å²) in [7, 11) is 0. The van der Waals surface area contributed by atoms with Crippen molar-refractivity contribution in [1.82, 2.24) is 4.90 Å². The minimum atomic E-state index is -0.926. The van der Waals surface area contributed by atoms with Crippen molar-refractivity contribution in [1.29, 1.82) is 0 Å². The van der Waals surface area contributed by atoms with Gasteiger partial charge in [0.2, 0.25) is 11.2 Å². The quantitative estimate of drug-likeness (QED) is 0.206. The highest BCUT2D eigenvalue weighted by atomic mass is 16.5. The third-order valence-electron chi connectivity index (χ3n) is 6.45. The molecule has 200 valence electrons. The van der Waals surface area contributed by atoms with E-state index in [4.69, 9.17) is 25.1 Å². The summed E-state index contributed by atoms with van der Waals surface area (Å²) in [4.78, 5) is 15.8. The van der Waals surface area contributed by atoms with Crippen LogP contribution < -0.4 is 19.6 Å². The van der Waals surface area contributed by atoms with Crippen LogP contribution in [0.4, 0.5) is 0 Å². The van der Waals surface area contributed by atoms with Crippen LogP contribution in [0.15, 0.2) is 58.3 Å². The summed E-state index contributed by atoms with van der Waals surface area (Å²) in [5.41, 5.74) is -1.68. The first-order valence-electron chi connectivity index (χ1n) is 12.8. The molecule has 1 aliphatic rings. The van der Waals surface area contributed by atoms with Gasteiger partial charge in [0, 0.05) is 18.7 Å². The van der Waals surface area contributed by atoms with Crippen LogP contribution in [0.3, 0.4) is 0 Å². The lowest BCUT2D eigenvalue weighted by Gasteiger charge is -2.24. The van der Waals surface area contributed by atoms with Gasteiger partial charge < -0.3 is 23.7 Å². The summed E-state index contributed by atoms with van der Waals surface area (Å²) in [6.45, 7) is 14.4. The number of phenolic OH excluding ortho intramolecular Hbond substituents is 1. The lowest BCUT2D eigenvalue weighted by molar-refractivity contribution is 0.154. The molecule has 0 aliphatic carbocycles. The van der Waals surface area contributed by atoms with Gasteiger partial charge in [-0.1, -0.05) is 24.7 Å². The fraction of sp³-hybridized carbons (Fsp3) is 0.387. The highest BCUT2D eigenvalue weighted by Gasteiger charge is 2.24. The lowest BCUT2D eigenvalue weighted by Crippen LogP contribution is -2.25. The molecule has 4 rings (SSSR count). The Kier molecular flexibility index (Phi) is 7.75. The Morgan fingerprint density at radius 2 is 1.89 bits per heavy atom. The number of rotatable bonds is 10. The van der Waals surface area contributed by atoms with E-state index in [0.717, 1.165) is 19.6 Å². The molecule has 0 saturated carbocycles. The molecule has 7 heteroatoms. The molecular weight excluding hydrogens is 482 g/mol. The smallest absolute Gasteiger partial charge is 0.205 e. The molecule has 1 aromatic heterocycles. The van der Waals surface area contributed by atoms with Gasteiger partial charge in [-0.15, -0.1) is 6.42 Å². The average molecular weight is 518 g/mol. The second kappa shape index (κ2) is 10.8. The Hall–Kier alpha value is -3.89. The third-order valence-corrected chi connectivity index (χ3v) is 6.45. The summed E-state index contributed by atoms with van der Waals surface area (Å²) in [5, 5.41) is 11.0. The number of nitrogens with zero attached hydrogens (tertiary/aromatic N) is 1. The molecule has 1 N–H and O–H groups in total. The predicted octanol–water partition coefficient (Wildman–Crippen LogP) is 5.82. The molecule has 7 nitrogen and oxygen atoms in total. The largest absolute Gasteiger partial charge is 0.507 e. The standard InChI is InChI=1S/C31H35NO6/c1-7-30(3,4)37-21-19-23(33)26-25(20-21)36-28-22(27(26)34)13-14-24(38-31(5,6)8-2)29(28)35-18-12-11-17-32-15-9-10-16-32/h1,8,11-14,19-20,33H,2,9-10,15-18H2,3-6H3/b12-11+. The van der Waals surface area contributed by atoms with Gasteiger partial charge in [0.1, 0.15) is 34.7 Å². The number of ether oxygens (including phenoxy) is 3. The van der Waals surface area contributed by atoms with Gasteiger partial charge in [0.05, 0.1) is 5.39 Å². The fourth-order valence-corrected chi connectivity index (χ4v) is 4.27. The summed E-state index contributed by atoms with van der Waals surface area (Å²) in [6, 6.07) is 6.17. The Morgan fingerprint density at radius 3 is 2.58 bits per heavy atom. The number of terminal acetylenes is 1. The normalized spacial score (nSPS) is 14.7. The first-order chi connectivity index (χ1) is 18.0. The molecule has 0 unspecified atom stereocenters. The SMILES string of the molecule is C#CC(C)(C)Oc1cc(O)c2c(=O)c3ccc(OC(C)(C)C=C)c(OC/C=C/CN4CCCC4)c3oc2c1. The van der Waals surface area contributed by atoms with Crippen LogP contribution in [0.2, 0.25) is 0 Å². The minimum absolute atomic E-state index is 0.0416. The van der Waals surface area contributed by atoms with E-state index in [2.05, 4.69) is 23.5 Å². The molecule has 3 aromatic rings. The van der Waals surface area contributed by atoms with E-state index in [0.29, 0.717) is 5.75 Å². The Labute approximate surface area is 223 Å². The van der Waals surface area contributed by atoms with Crippen LogP contribution in [-0.2, 0) is 0 Å². The van der Waals surface area contributed by atoms with E-state index >= 15 is 0 Å². The Morgan fingerprint density at radius 1 is 1.16 bits per heavy atom. The number of benzene rings is 2. The minimum Gasteiger partial charge on any atom is -0.507 e. The average Bonchev–Trinajstić information content (AvgIpc) is 3.38. The first-order valence-corrected chi connectivity index (χ1v) is 12.8. The number of phenols is 1. The summed E-state index contributed by atoms with van der Waals surface area (Å²) in [5.74, 6) is 3.25. The maximum atomic E-state index is 13.5. The van der Waals surface area contributed by atoms with Crippen LogP contribution in [0.25, 0.3) is 21.9 Å². The van der Waals surface area contributed by atoms with Gasteiger partial charge in [-0.3, -0.25) is 9.69 Å². The van der Waals surface area contributed by atoms with Crippen LogP contribution in [0.5, 0.6) is 23.0 Å². The van der Waals surface area contributed by atoms with E-state index in [1.807, 2.05) is 19.9 Å². The van der Waals surface area contributed by atoms with Crippen molar-refractivity contribution in [2.24, 2.45) is 0 Å². The molecule has 0 amide bonds. The molecule has 0 radical (unpaired) electrons. The van der Waals surface area contributed by atoms with E-state index in [1.165, 1.54) is 25.0 Å². The van der Waals surface area contributed by atoms with E-state index < -0.39 is 16.6 Å². The molecule has 2 heterocycles. The Balaban J connectivity index is 1.79. The number of fused-ring (bicyclic) bond motifs is 2. The molecule has 1 aliphatic heterocycles. The van der Waals surface area contributed by atoms with Gasteiger partial charge in [-0.2, -0.15) is 0 Å². The number of likely N-dealkylation sites (tertiary alicyclic amines) is 1. The second-order valence-corrected chi connectivity index (χ2v) is 10.5. The van der Waals surface area contributed by atoms with Gasteiger partial charge in [0.25, 0.3) is 0 Å². The first kappa shape index (κ1) is 27.2. The van der Waals surface area contributed by atoms with Crippen LogP contribution in [0, 0.1) is 12.3 Å². The molecule has 2 aromatic carbocycles. The van der Waals surface area contributed by atoms with Crippen LogP contribution in [0.1, 0.15) is 40.5 Å². The third kappa shape index (κ3) is 5.98. The summed E-state index contributed by atoms with van der Waals surface area (Å²) in [6.07, 6.45) is 13.7. The zero-order valence-electron chi connectivity index (χ0n) is 22.5. The van der Waals surface area contributed by atoms with Crippen molar-refractivity contribution >= 4 is 21.9 Å². The molecule has 38 heavy (non-hydrogen) atoms. The summed E-state index contributed by atoms with van der Waals surface area (Å²) < 4.78 is 24.3. The zero-order chi connectivity index (χ0) is 27.5. The van der Waals surface area contributed by atoms with Crippen LogP contribution >= 0.6 is 0 Å². The molecule has 0 atom stereocenters. The van der Waals surface area contributed by atoms with Gasteiger partial charge in [-0.05, 0) is 71.8 Å². The predicted molar refractivity (Wildman–Crippen MR) is 150 cm³/mol. The molecule has 1 fully saturated rings. The summed E-state index contributed by atoms with van der Waals surface area (Å²) >= 11 is 0. The van der Waals surface area contributed by atoms with Crippen molar-refractivity contribution in [2.75, 3.05) is 26.2 Å². The van der Waals surface area contributed by atoms with Crippen LogP contribution in [-0.4, -0.2) is 47.4 Å². The van der Waals surface area contributed by atoms with Gasteiger partial charge in [-0.25, -0.2) is 0 Å². The van der Waals surface area contributed by atoms with E-state index in [-0.39, 0.29) is 45.8 Å². The van der Waals surface area contributed by atoms with Crippen molar-refractivity contribution in [3.8, 4) is 35.3 Å². The Bertz CT molecular complexity index is 1470. The highest BCUT2D eigenvalue weighted by molar-refractivity contribution is 5.96. The maximum absolute atomic E-state index is 13.5. The van der Waals surface area contributed by atoms with E-state index in [9.17, 15) is 9.90 Å². The molecular formula is C31H35NO6. The van der Waals surface area contributed by atoms with Crippen molar-refractivity contribution in [2.45, 2.75) is 51.7 Å². The highest BCUT2D eigenvalue weighted by Crippen LogP contribution is 2.40. The monoisotopic (exact) mass is 517 g/mol. The maximum Gasteiger partial charge on any atom is 0.205 e. The zero-order valence-corrected chi connectivity index (χ0v) is 22.5. The number of hydrogen-bond donors (Lipinski definition) is 1. The fourth-order valence-electron chi connectivity index (χ4n) is 4.27. The molecule has 0 bridgehead atoms. The van der Waals surface area contributed by atoms with Gasteiger partial charge in [0.15, 0.2) is 16.9 Å². The second-order valence-electron chi connectivity index (χ2n) is 10.5. The van der Waals surface area contributed by atoms with Crippen molar-refractivity contribution in [3.63, 3.8) is 0 Å². The van der Waals surface area contributed by atoms with Crippen molar-refractivity contribution < 1.29 is 23.7 Å². The number of aromatic hydroxyl groups is 1. The molecule has 0 spiro atoms. The van der Waals surface area contributed by atoms with E-state index in [1.54, 1.807) is 32.1 Å². The topological polar surface area (TPSA) is 81.4 Å².